The maximum absolute atomic E-state index is 12.9. The summed E-state index contributed by atoms with van der Waals surface area (Å²) in [5.41, 5.74) is 0. The number of hydrogen-bond acceptors (Lipinski definition) is 6. The lowest BCUT2D eigenvalue weighted by atomic mass is 10.0. The molecule has 0 aliphatic heterocycles. The molecule has 0 radical (unpaired) electrons. The van der Waals surface area contributed by atoms with Gasteiger partial charge in [-0.2, -0.15) is 0 Å². The third-order valence-corrected chi connectivity index (χ3v) is 14.7. The van der Waals surface area contributed by atoms with Gasteiger partial charge in [0, 0.05) is 19.3 Å². The normalized spacial score (nSPS) is 12.5. The van der Waals surface area contributed by atoms with Crippen LogP contribution in [0.4, 0.5) is 0 Å². The highest BCUT2D eigenvalue weighted by Gasteiger charge is 2.19. The molecule has 0 aromatic rings. The van der Waals surface area contributed by atoms with Gasteiger partial charge in [-0.05, 0) is 109 Å². The average Bonchev–Trinajstić information content (AvgIpc) is 3.43. The van der Waals surface area contributed by atoms with Crippen molar-refractivity contribution in [2.75, 3.05) is 13.2 Å². The quantitative estimate of drug-likeness (QED) is 0.0261. The van der Waals surface area contributed by atoms with Crippen molar-refractivity contribution in [1.82, 2.24) is 0 Å². The Kier molecular flexibility index (Phi) is 62.7. The van der Waals surface area contributed by atoms with E-state index in [1.807, 2.05) is 0 Å². The zero-order valence-corrected chi connectivity index (χ0v) is 51.2. The summed E-state index contributed by atoms with van der Waals surface area (Å²) in [4.78, 5) is 38.4. The first kappa shape index (κ1) is 73.8. The number of hydrogen-bond donors (Lipinski definition) is 0. The minimum absolute atomic E-state index is 0.0812. The number of rotatable bonds is 61. The van der Waals surface area contributed by atoms with Crippen LogP contribution < -0.4 is 0 Å². The fraction of sp³-hybridized carbons (Fsp3) is 0.789. The molecule has 0 saturated carbocycles. The Hall–Kier alpha value is -3.15. The van der Waals surface area contributed by atoms with Crippen LogP contribution in [0.5, 0.6) is 0 Å². The van der Waals surface area contributed by atoms with Crippen LogP contribution in [0.2, 0.25) is 0 Å². The molecule has 0 aromatic carbocycles. The Bertz CT molecular complexity index is 1420. The van der Waals surface area contributed by atoms with E-state index in [2.05, 4.69) is 93.7 Å². The predicted octanol–water partition coefficient (Wildman–Crippen LogP) is 22.9. The molecule has 0 spiro atoms. The van der Waals surface area contributed by atoms with Crippen molar-refractivity contribution in [3.63, 3.8) is 0 Å². The molecule has 0 rings (SSSR count). The molecule has 0 aliphatic carbocycles. The van der Waals surface area contributed by atoms with Crippen molar-refractivity contribution in [3.05, 3.63) is 72.9 Å². The minimum atomic E-state index is -0.786. The second-order valence-electron chi connectivity index (χ2n) is 22.3. The van der Waals surface area contributed by atoms with E-state index >= 15 is 0 Å². The zero-order chi connectivity index (χ0) is 55.7. The lowest BCUT2D eigenvalue weighted by Crippen LogP contribution is -2.30. The minimum Gasteiger partial charge on any atom is -0.462 e. The second-order valence-corrected chi connectivity index (χ2v) is 22.3. The highest BCUT2D eigenvalue weighted by molar-refractivity contribution is 5.71. The van der Waals surface area contributed by atoms with Crippen LogP contribution in [-0.4, -0.2) is 37.2 Å². The smallest absolute Gasteiger partial charge is 0.306 e. The van der Waals surface area contributed by atoms with E-state index in [4.69, 9.17) is 14.2 Å². The fourth-order valence-electron chi connectivity index (χ4n) is 9.66. The summed E-state index contributed by atoms with van der Waals surface area (Å²) in [6, 6.07) is 0. The molecule has 0 aliphatic rings. The first-order valence-corrected chi connectivity index (χ1v) is 33.4. The molecular formula is C71H126O6. The maximum Gasteiger partial charge on any atom is 0.306 e. The van der Waals surface area contributed by atoms with E-state index in [0.29, 0.717) is 19.3 Å². The third-order valence-electron chi connectivity index (χ3n) is 14.7. The molecule has 0 bridgehead atoms. The van der Waals surface area contributed by atoms with E-state index < -0.39 is 6.10 Å². The molecule has 0 amide bonds. The molecule has 6 nitrogen and oxygen atoms in total. The Balaban J connectivity index is 4.34. The van der Waals surface area contributed by atoms with Gasteiger partial charge < -0.3 is 14.2 Å². The van der Waals surface area contributed by atoms with Gasteiger partial charge in [-0.1, -0.05) is 286 Å². The van der Waals surface area contributed by atoms with Crippen molar-refractivity contribution in [2.24, 2.45) is 0 Å². The van der Waals surface area contributed by atoms with Gasteiger partial charge in [0.05, 0.1) is 0 Å². The van der Waals surface area contributed by atoms with Crippen molar-refractivity contribution < 1.29 is 28.6 Å². The average molecular weight is 1080 g/mol. The second kappa shape index (κ2) is 65.4. The molecule has 446 valence electrons. The van der Waals surface area contributed by atoms with Gasteiger partial charge in [0.25, 0.3) is 0 Å². The number of unbranched alkanes of at least 4 members (excludes halogenated alkanes) is 38. The molecule has 0 saturated heterocycles. The molecule has 0 N–H and O–H groups in total. The van der Waals surface area contributed by atoms with E-state index in [1.54, 1.807) is 0 Å². The first-order valence-electron chi connectivity index (χ1n) is 33.4. The van der Waals surface area contributed by atoms with E-state index in [9.17, 15) is 14.4 Å². The summed E-state index contributed by atoms with van der Waals surface area (Å²) in [7, 11) is 0. The summed E-state index contributed by atoms with van der Waals surface area (Å²) >= 11 is 0. The van der Waals surface area contributed by atoms with E-state index in [-0.39, 0.29) is 31.1 Å². The number of carbonyl (C=O) groups is 3. The summed E-state index contributed by atoms with van der Waals surface area (Å²) in [6.45, 7) is 6.55. The summed E-state index contributed by atoms with van der Waals surface area (Å²) in [6.07, 6.45) is 84.8. The molecule has 6 heteroatoms. The van der Waals surface area contributed by atoms with Gasteiger partial charge in [-0.25, -0.2) is 0 Å². The summed E-state index contributed by atoms with van der Waals surface area (Å²) < 4.78 is 17.0. The van der Waals surface area contributed by atoms with Gasteiger partial charge in [0.2, 0.25) is 0 Å². The highest BCUT2D eigenvalue weighted by Crippen LogP contribution is 2.17. The molecule has 0 fully saturated rings. The first-order chi connectivity index (χ1) is 38.0. The van der Waals surface area contributed by atoms with Crippen molar-refractivity contribution in [3.8, 4) is 0 Å². The van der Waals surface area contributed by atoms with Crippen LogP contribution >= 0.6 is 0 Å². The summed E-state index contributed by atoms with van der Waals surface area (Å²) in [5.74, 6) is -0.886. The number of carbonyl (C=O) groups excluding carboxylic acids is 3. The zero-order valence-electron chi connectivity index (χ0n) is 51.2. The molecule has 0 aromatic heterocycles. The molecular weight excluding hydrogens is 949 g/mol. The third kappa shape index (κ3) is 63.6. The van der Waals surface area contributed by atoms with Crippen LogP contribution in [0, 0.1) is 0 Å². The fourth-order valence-corrected chi connectivity index (χ4v) is 9.66. The molecule has 1 atom stereocenters. The van der Waals surface area contributed by atoms with Gasteiger partial charge in [-0.3, -0.25) is 14.4 Å². The SMILES string of the molecule is CC/C=C\C/C=C\C/C=C\CCCCCCCC(=O)OCC(COC(=O)CCCCCCCCCCCCC/C=C\C/C=C\CCCCCCC)OC(=O)CCCCCCCCCCC/C=C\CCCCCCCCCC. The number of allylic oxidation sites excluding steroid dienone is 12. The van der Waals surface area contributed by atoms with E-state index in [1.165, 1.54) is 199 Å². The Morgan fingerprint density at radius 3 is 0.805 bits per heavy atom. The Labute approximate surface area is 478 Å². The highest BCUT2D eigenvalue weighted by atomic mass is 16.6. The largest absolute Gasteiger partial charge is 0.462 e. The van der Waals surface area contributed by atoms with Gasteiger partial charge in [0.15, 0.2) is 6.10 Å². The van der Waals surface area contributed by atoms with Crippen LogP contribution in [0.15, 0.2) is 72.9 Å². The van der Waals surface area contributed by atoms with Gasteiger partial charge >= 0.3 is 17.9 Å². The van der Waals surface area contributed by atoms with Gasteiger partial charge in [0.1, 0.15) is 13.2 Å². The van der Waals surface area contributed by atoms with Crippen molar-refractivity contribution in [2.45, 2.75) is 348 Å². The number of ether oxygens (including phenoxy) is 3. The van der Waals surface area contributed by atoms with Crippen LogP contribution in [0.1, 0.15) is 342 Å². The maximum atomic E-state index is 12.9. The van der Waals surface area contributed by atoms with Gasteiger partial charge in [-0.15, -0.1) is 0 Å². The van der Waals surface area contributed by atoms with Crippen LogP contribution in [0.3, 0.4) is 0 Å². The topological polar surface area (TPSA) is 78.9 Å². The standard InChI is InChI=1S/C71H126O6/c1-4-7-10-13-16-19-22-25-28-30-32-34-35-37-38-40-43-46-49-52-55-58-61-64-70(73)76-67-68(66-75-69(72)63-60-57-54-51-48-45-42-27-24-21-18-15-12-9-6-3)77-71(74)65-62-59-56-53-50-47-44-41-39-36-33-31-29-26-23-20-17-14-11-8-5-2/h9,12,18,21-22,25,27,30-33,42,68H,4-8,10-11,13-17,19-20,23-24,26,28-29,34-41,43-67H2,1-3H3/b12-9-,21-18-,25-22-,32-30-,33-31-,42-27-. The van der Waals surface area contributed by atoms with Crippen molar-refractivity contribution in [1.29, 1.82) is 0 Å². The van der Waals surface area contributed by atoms with Crippen molar-refractivity contribution >= 4 is 17.9 Å². The molecule has 1 unspecified atom stereocenters. The monoisotopic (exact) mass is 1070 g/mol. The van der Waals surface area contributed by atoms with Crippen LogP contribution in [0.25, 0.3) is 0 Å². The number of esters is 3. The molecule has 77 heavy (non-hydrogen) atoms. The van der Waals surface area contributed by atoms with Crippen LogP contribution in [-0.2, 0) is 28.6 Å². The van der Waals surface area contributed by atoms with E-state index in [0.717, 1.165) is 103 Å². The Morgan fingerprint density at radius 1 is 0.273 bits per heavy atom. The lowest BCUT2D eigenvalue weighted by Gasteiger charge is -2.18. The predicted molar refractivity (Wildman–Crippen MR) is 335 cm³/mol. The summed E-state index contributed by atoms with van der Waals surface area (Å²) in [5, 5.41) is 0. The molecule has 0 heterocycles. The lowest BCUT2D eigenvalue weighted by molar-refractivity contribution is -0.167. The Morgan fingerprint density at radius 2 is 0.506 bits per heavy atom.